The summed E-state index contributed by atoms with van der Waals surface area (Å²) in [7, 11) is 0. The molecule has 0 saturated carbocycles. The van der Waals surface area contributed by atoms with Crippen LogP contribution in [-0.4, -0.2) is 6.04 Å². The smallest absolute Gasteiger partial charge is 0.0328 e. The molecule has 0 amide bonds. The third kappa shape index (κ3) is 3.10. The summed E-state index contributed by atoms with van der Waals surface area (Å²) in [6.07, 6.45) is 3.53. The minimum absolute atomic E-state index is 0.522. The Bertz CT molecular complexity index is 550. The molecule has 1 N–H and O–H groups in total. The largest absolute Gasteiger partial charge is 0.307 e. The van der Waals surface area contributed by atoms with Gasteiger partial charge in [0.05, 0.1) is 0 Å². The Morgan fingerprint density at radius 3 is 3.11 bits per heavy atom. The molecule has 2 atom stereocenters. The molecule has 0 bridgehead atoms. The lowest BCUT2D eigenvalue weighted by Gasteiger charge is -2.20. The van der Waals surface area contributed by atoms with Gasteiger partial charge in [0.2, 0.25) is 0 Å². The lowest BCUT2D eigenvalue weighted by Crippen LogP contribution is -2.31. The maximum absolute atomic E-state index is 3.78. The van der Waals surface area contributed by atoms with Crippen LogP contribution in [0.5, 0.6) is 0 Å². The first-order valence-electron chi connectivity index (χ1n) is 6.78. The molecule has 3 rings (SSSR count). The predicted molar refractivity (Wildman–Crippen MR) is 85.8 cm³/mol. The number of halogens is 1. The summed E-state index contributed by atoms with van der Waals surface area (Å²) in [5.41, 5.74) is 4.43. The van der Waals surface area contributed by atoms with Crippen molar-refractivity contribution < 1.29 is 0 Å². The monoisotopic (exact) mass is 335 g/mol. The van der Waals surface area contributed by atoms with E-state index in [0.717, 1.165) is 6.42 Å². The first-order valence-corrected chi connectivity index (χ1v) is 8.51. The van der Waals surface area contributed by atoms with Crippen LogP contribution >= 0.6 is 27.3 Å². The maximum Gasteiger partial charge on any atom is 0.0328 e. The zero-order valence-electron chi connectivity index (χ0n) is 11.0. The molecule has 2 aromatic rings. The van der Waals surface area contributed by atoms with Gasteiger partial charge in [0, 0.05) is 16.6 Å². The van der Waals surface area contributed by atoms with Crippen molar-refractivity contribution in [1.82, 2.24) is 5.32 Å². The fourth-order valence-corrected chi connectivity index (χ4v) is 4.01. The molecule has 0 aliphatic heterocycles. The van der Waals surface area contributed by atoms with Crippen molar-refractivity contribution in [3.8, 4) is 0 Å². The summed E-state index contributed by atoms with van der Waals surface area (Å²) >= 11 is 5.34. The summed E-state index contributed by atoms with van der Waals surface area (Å²) in [5, 5.41) is 8.19. The molecule has 100 valence electrons. The second-order valence-electron chi connectivity index (χ2n) is 5.34. The molecule has 1 aliphatic carbocycles. The Morgan fingerprint density at radius 1 is 1.42 bits per heavy atom. The normalized spacial score (nSPS) is 19.4. The zero-order valence-corrected chi connectivity index (χ0v) is 13.4. The molecule has 2 unspecified atom stereocenters. The standard InChI is InChI=1S/C16H18BrNS/c1-11(8-12-6-7-19-10-12)18-16-5-2-13-9-14(17)3-4-15(13)16/h3-4,6-7,9-11,16,18H,2,5,8H2,1H3. The topological polar surface area (TPSA) is 12.0 Å². The highest BCUT2D eigenvalue weighted by Crippen LogP contribution is 2.33. The van der Waals surface area contributed by atoms with Gasteiger partial charge in [0.15, 0.2) is 0 Å². The molecule has 1 aliphatic rings. The lowest BCUT2D eigenvalue weighted by molar-refractivity contribution is 0.451. The molecule has 1 aromatic carbocycles. The van der Waals surface area contributed by atoms with Gasteiger partial charge in [0.25, 0.3) is 0 Å². The molecule has 1 nitrogen and oxygen atoms in total. The summed E-state index contributed by atoms with van der Waals surface area (Å²) in [6, 6.07) is 9.96. The minimum Gasteiger partial charge on any atom is -0.307 e. The van der Waals surface area contributed by atoms with Gasteiger partial charge < -0.3 is 5.32 Å². The zero-order chi connectivity index (χ0) is 13.2. The number of benzene rings is 1. The first-order chi connectivity index (χ1) is 9.22. The third-order valence-corrected chi connectivity index (χ3v) is 5.02. The number of aryl methyl sites for hydroxylation is 1. The van der Waals surface area contributed by atoms with E-state index in [2.05, 4.69) is 63.2 Å². The highest BCUT2D eigenvalue weighted by molar-refractivity contribution is 9.10. The number of hydrogen-bond acceptors (Lipinski definition) is 2. The molecule has 0 fully saturated rings. The van der Waals surface area contributed by atoms with Gasteiger partial charge >= 0.3 is 0 Å². The molecule has 0 radical (unpaired) electrons. The SMILES string of the molecule is CC(Cc1ccsc1)NC1CCc2cc(Br)ccc21. The second kappa shape index (κ2) is 5.78. The van der Waals surface area contributed by atoms with Gasteiger partial charge in [-0.15, -0.1) is 0 Å². The number of thiophene rings is 1. The molecule has 1 heterocycles. The van der Waals surface area contributed by atoms with Crippen LogP contribution in [0.1, 0.15) is 36.1 Å². The molecule has 3 heteroatoms. The van der Waals surface area contributed by atoms with E-state index in [1.807, 2.05) is 0 Å². The average Bonchev–Trinajstić information content (AvgIpc) is 2.99. The van der Waals surface area contributed by atoms with E-state index in [1.165, 1.54) is 34.0 Å². The van der Waals surface area contributed by atoms with E-state index >= 15 is 0 Å². The van der Waals surface area contributed by atoms with Crippen LogP contribution < -0.4 is 5.32 Å². The summed E-state index contributed by atoms with van der Waals surface area (Å²) < 4.78 is 1.19. The van der Waals surface area contributed by atoms with Gasteiger partial charge in [0.1, 0.15) is 0 Å². The van der Waals surface area contributed by atoms with E-state index < -0.39 is 0 Å². The van der Waals surface area contributed by atoms with E-state index in [4.69, 9.17) is 0 Å². The van der Waals surface area contributed by atoms with E-state index in [-0.39, 0.29) is 0 Å². The van der Waals surface area contributed by atoms with Gasteiger partial charge in [-0.05, 0) is 71.8 Å². The van der Waals surface area contributed by atoms with E-state index in [0.29, 0.717) is 12.1 Å². The lowest BCUT2D eigenvalue weighted by atomic mass is 10.1. The Kier molecular flexibility index (Phi) is 4.06. The quantitative estimate of drug-likeness (QED) is 0.852. The van der Waals surface area contributed by atoms with Crippen molar-refractivity contribution >= 4 is 27.3 Å². The molecule has 0 spiro atoms. The van der Waals surface area contributed by atoms with Gasteiger partial charge in [-0.1, -0.05) is 22.0 Å². The van der Waals surface area contributed by atoms with Gasteiger partial charge in [-0.3, -0.25) is 0 Å². The summed E-state index contributed by atoms with van der Waals surface area (Å²) in [5.74, 6) is 0. The van der Waals surface area contributed by atoms with Crippen molar-refractivity contribution in [2.75, 3.05) is 0 Å². The van der Waals surface area contributed by atoms with Crippen LogP contribution in [0, 0.1) is 0 Å². The number of rotatable bonds is 4. The molecular formula is C16H18BrNS. The number of fused-ring (bicyclic) bond motifs is 1. The van der Waals surface area contributed by atoms with Crippen LogP contribution in [0.25, 0.3) is 0 Å². The van der Waals surface area contributed by atoms with Crippen LogP contribution in [0.2, 0.25) is 0 Å². The summed E-state index contributed by atoms with van der Waals surface area (Å²) in [4.78, 5) is 0. The van der Waals surface area contributed by atoms with E-state index in [9.17, 15) is 0 Å². The first kappa shape index (κ1) is 13.3. The Morgan fingerprint density at radius 2 is 2.32 bits per heavy atom. The fourth-order valence-electron chi connectivity index (χ4n) is 2.92. The second-order valence-corrected chi connectivity index (χ2v) is 7.03. The van der Waals surface area contributed by atoms with Gasteiger partial charge in [-0.25, -0.2) is 0 Å². The van der Waals surface area contributed by atoms with Crippen LogP contribution in [0.15, 0.2) is 39.5 Å². The fraction of sp³-hybridized carbons (Fsp3) is 0.375. The van der Waals surface area contributed by atoms with Gasteiger partial charge in [-0.2, -0.15) is 11.3 Å². The molecule has 1 aromatic heterocycles. The number of nitrogens with one attached hydrogen (secondary N) is 1. The van der Waals surface area contributed by atoms with Crippen LogP contribution in [-0.2, 0) is 12.8 Å². The maximum atomic E-state index is 3.78. The third-order valence-electron chi connectivity index (χ3n) is 3.79. The Hall–Kier alpha value is -0.640. The minimum atomic E-state index is 0.522. The molecule has 19 heavy (non-hydrogen) atoms. The number of hydrogen-bond donors (Lipinski definition) is 1. The predicted octanol–water partition coefficient (Wildman–Crippen LogP) is 4.72. The van der Waals surface area contributed by atoms with Crippen molar-refractivity contribution in [3.63, 3.8) is 0 Å². The van der Waals surface area contributed by atoms with Crippen LogP contribution in [0.3, 0.4) is 0 Å². The summed E-state index contributed by atoms with van der Waals surface area (Å²) in [6.45, 7) is 2.29. The van der Waals surface area contributed by atoms with Crippen molar-refractivity contribution in [2.24, 2.45) is 0 Å². The van der Waals surface area contributed by atoms with Crippen molar-refractivity contribution in [2.45, 2.75) is 38.3 Å². The van der Waals surface area contributed by atoms with Crippen molar-refractivity contribution in [1.29, 1.82) is 0 Å². The highest BCUT2D eigenvalue weighted by atomic mass is 79.9. The molecule has 0 saturated heterocycles. The average molecular weight is 336 g/mol. The molecular weight excluding hydrogens is 318 g/mol. The highest BCUT2D eigenvalue weighted by Gasteiger charge is 2.23. The van der Waals surface area contributed by atoms with Crippen molar-refractivity contribution in [3.05, 3.63) is 56.2 Å². The Labute approximate surface area is 127 Å². The van der Waals surface area contributed by atoms with Crippen LogP contribution in [0.4, 0.5) is 0 Å². The Balaban J connectivity index is 1.66. The van der Waals surface area contributed by atoms with E-state index in [1.54, 1.807) is 11.3 Å².